The van der Waals surface area contributed by atoms with Gasteiger partial charge in [-0.2, -0.15) is 0 Å². The standard InChI is InChI=1S/2C29H50O2P4.C23H38O2P2.C23H37O2P/c2*1-19-17-24(22(4)27(18-19)30-32)13-12-23-9-8-16-29(7)25(14-15-26(23)29)20(2)10-11-21(3)28(5,6)31-35(33)34;1-15-12-20(25-27-26)13-19(17(15)3)8-7-18-6-5-11-23(4)21(16(2)14-24)9-10-22(18)23;1-15-12-19(17(3)22(13-15)25-26)8-7-18-6-5-11-23(4)20(16(2)14-24)9-10-21(18)23/h2*10-13,19-21,25-27H,4,8-9,14-18,32-34H2,1-3,5-7H3;7-8,15-16,20-22,24,27H,3,5-6,9-14,26H2,1-2,4H3;7-8,15-16,20-22,24H,3,5-6,9-14,26H2,1-2,4H3/b11-10+,23-12+,24-13-;11-10-,23-12+,24-13-;18-7+,19-8+;18-7+,19-8-/t2*19-,20-,21?,25?,26+,27+,29-;15-,16+,20-,21?,22-,23+;15-,16-,20?,21+,22+,23-/m1101/s1. The molecule has 0 spiro atoms. The van der Waals surface area contributed by atoms with Gasteiger partial charge < -0.3 is 37.4 Å². The lowest BCUT2D eigenvalue weighted by atomic mass is 9.61. The third-order valence-corrected chi connectivity index (χ3v) is 38.9. The second-order valence-corrected chi connectivity index (χ2v) is 56.9. The Bertz CT molecular complexity index is 3720. The number of aliphatic hydroxyl groups excluding tert-OH is 2. The molecule has 0 heterocycles. The van der Waals surface area contributed by atoms with Crippen molar-refractivity contribution >= 4 is 96.6 Å². The van der Waals surface area contributed by atoms with Gasteiger partial charge in [0.05, 0.1) is 50.7 Å². The molecule has 123 heavy (non-hydrogen) atoms. The summed E-state index contributed by atoms with van der Waals surface area (Å²) in [6, 6.07) is 0. The Balaban J connectivity index is 0.000000188. The van der Waals surface area contributed by atoms with E-state index in [9.17, 15) is 10.2 Å². The summed E-state index contributed by atoms with van der Waals surface area (Å²) in [5.41, 5.74) is 18.2. The fourth-order valence-corrected chi connectivity index (χ4v) is 32.9. The summed E-state index contributed by atoms with van der Waals surface area (Å²) in [6.45, 7) is 60.3. The van der Waals surface area contributed by atoms with Crippen LogP contribution >= 0.6 is 96.6 Å². The lowest BCUT2D eigenvalue weighted by Crippen LogP contribution is -2.36. The Morgan fingerprint density at radius 1 is 0.423 bits per heavy atom. The topological polar surface area (TPSA) is 95.8 Å². The van der Waals surface area contributed by atoms with Crippen LogP contribution in [0.25, 0.3) is 0 Å². The highest BCUT2D eigenvalue weighted by molar-refractivity contribution is 8.41. The molecular weight excluding hydrogens is 1720 g/mol. The molecule has 0 bridgehead atoms. The molecule has 12 fully saturated rings. The molecule has 12 saturated carbocycles. The zero-order chi connectivity index (χ0) is 90.4. The Kier molecular flexibility index (Phi) is 42.4. The highest BCUT2D eigenvalue weighted by Gasteiger charge is 2.55. The van der Waals surface area contributed by atoms with Gasteiger partial charge in [-0.05, 0) is 368 Å². The molecule has 0 aromatic carbocycles. The first-order valence-corrected chi connectivity index (χ1v) is 61.3. The van der Waals surface area contributed by atoms with Crippen LogP contribution in [0.5, 0.6) is 0 Å². The van der Waals surface area contributed by atoms with E-state index in [1.165, 1.54) is 167 Å². The van der Waals surface area contributed by atoms with Crippen LogP contribution in [0.1, 0.15) is 304 Å². The molecule has 2 N–H and O–H groups in total. The Morgan fingerprint density at radius 2 is 0.707 bits per heavy atom. The smallest absolute Gasteiger partial charge is 0.0860 e. The van der Waals surface area contributed by atoms with Crippen LogP contribution < -0.4 is 0 Å². The largest absolute Gasteiger partial charge is 0.396 e. The highest BCUT2D eigenvalue weighted by atomic mass is 32.4. The number of hydrogen-bond donors (Lipinski definition) is 2. The van der Waals surface area contributed by atoms with Gasteiger partial charge in [0, 0.05) is 61.9 Å². The molecule has 0 aliphatic heterocycles. The maximum absolute atomic E-state index is 9.72. The molecule has 19 heteroatoms. The lowest BCUT2D eigenvalue weighted by Gasteiger charge is -2.44. The average molecular weight is 1890 g/mol. The molecule has 694 valence electrons. The molecule has 0 saturated heterocycles. The second-order valence-electron chi connectivity index (χ2n) is 43.4. The summed E-state index contributed by atoms with van der Waals surface area (Å²) in [7, 11) is 20.6. The van der Waals surface area contributed by atoms with Gasteiger partial charge >= 0.3 is 0 Å². The Hall–Kier alpha value is 0.770. The van der Waals surface area contributed by atoms with E-state index in [0.717, 1.165) is 68.8 Å². The first kappa shape index (κ1) is 107. The van der Waals surface area contributed by atoms with Crippen molar-refractivity contribution in [3.05, 3.63) is 166 Å². The summed E-state index contributed by atoms with van der Waals surface area (Å²) in [4.78, 5) is 0. The molecule has 12 aliphatic rings. The normalized spacial score (nSPS) is 38.7. The maximum atomic E-state index is 9.72. The first-order chi connectivity index (χ1) is 58.1. The van der Waals surface area contributed by atoms with Crippen LogP contribution in [0.3, 0.4) is 0 Å². The van der Waals surface area contributed by atoms with Gasteiger partial charge in [-0.25, -0.2) is 0 Å². The van der Waals surface area contributed by atoms with Crippen molar-refractivity contribution in [1.29, 1.82) is 0 Å². The van der Waals surface area contributed by atoms with E-state index in [-0.39, 0.29) is 29.5 Å². The monoisotopic (exact) mass is 1890 g/mol. The average Bonchev–Trinajstić information content (AvgIpc) is 1.63. The molecule has 35 atom stereocenters. The van der Waals surface area contributed by atoms with E-state index < -0.39 is 15.1 Å². The number of allylic oxidation sites excluding steroid dienone is 15. The number of fused-ring (bicyclic) bond motifs is 4. The minimum absolute atomic E-state index is 0.144. The Morgan fingerprint density at radius 3 is 0.984 bits per heavy atom. The molecule has 15 unspecified atom stereocenters. The van der Waals surface area contributed by atoms with Gasteiger partial charge in [0.25, 0.3) is 0 Å². The molecule has 0 radical (unpaired) electrons. The third-order valence-electron chi connectivity index (χ3n) is 34.4. The van der Waals surface area contributed by atoms with Crippen molar-refractivity contribution in [1.82, 2.24) is 0 Å². The van der Waals surface area contributed by atoms with Crippen LogP contribution in [-0.2, 0) is 27.1 Å². The molecular formula is C104H175O8P11. The van der Waals surface area contributed by atoms with Crippen molar-refractivity contribution in [3.63, 3.8) is 0 Å². The summed E-state index contributed by atoms with van der Waals surface area (Å²) in [6.07, 6.45) is 64.5. The molecule has 0 aromatic rings. The van der Waals surface area contributed by atoms with Gasteiger partial charge in [0.15, 0.2) is 0 Å². The maximum Gasteiger partial charge on any atom is 0.0860 e. The minimum atomic E-state index is -0.522. The van der Waals surface area contributed by atoms with Gasteiger partial charge in [0.1, 0.15) is 0 Å². The molecule has 0 amide bonds. The van der Waals surface area contributed by atoms with E-state index in [0.29, 0.717) is 144 Å². The molecule has 12 aliphatic carbocycles. The molecule has 8 nitrogen and oxygen atoms in total. The van der Waals surface area contributed by atoms with Gasteiger partial charge in [-0.15, -0.1) is 0 Å². The highest BCUT2D eigenvalue weighted by Crippen LogP contribution is 2.65. The number of aliphatic hydroxyl groups is 2. The predicted molar refractivity (Wildman–Crippen MR) is 565 cm³/mol. The third kappa shape index (κ3) is 26.9. The van der Waals surface area contributed by atoms with E-state index >= 15 is 0 Å². The van der Waals surface area contributed by atoms with E-state index in [2.05, 4.69) is 297 Å². The van der Waals surface area contributed by atoms with Crippen molar-refractivity contribution in [2.75, 3.05) is 13.2 Å². The van der Waals surface area contributed by atoms with Gasteiger partial charge in [0.2, 0.25) is 0 Å². The van der Waals surface area contributed by atoms with E-state index in [1.54, 1.807) is 22.3 Å². The predicted octanol–water partition coefficient (Wildman–Crippen LogP) is 31.9. The zero-order valence-electron chi connectivity index (χ0n) is 80.0. The van der Waals surface area contributed by atoms with Crippen molar-refractivity contribution in [3.8, 4) is 0 Å². The van der Waals surface area contributed by atoms with Crippen molar-refractivity contribution < 1.29 is 37.4 Å². The number of hydrogen-bond acceptors (Lipinski definition) is 8. The Labute approximate surface area is 775 Å². The summed E-state index contributed by atoms with van der Waals surface area (Å²) >= 11 is 0. The fourth-order valence-electron chi connectivity index (χ4n) is 26.5. The molecule has 0 aromatic heterocycles. The second kappa shape index (κ2) is 48.5. The zero-order valence-corrected chi connectivity index (χ0v) is 92.1. The van der Waals surface area contributed by atoms with Crippen molar-refractivity contribution in [2.45, 2.75) is 340 Å². The van der Waals surface area contributed by atoms with E-state index in [1.807, 2.05) is 0 Å². The number of rotatable bonds is 25. The summed E-state index contributed by atoms with van der Waals surface area (Å²) in [5, 5.41) is 19.4. The van der Waals surface area contributed by atoms with Crippen LogP contribution in [0.15, 0.2) is 166 Å². The van der Waals surface area contributed by atoms with Crippen LogP contribution in [0.2, 0.25) is 0 Å². The molecule has 12 rings (SSSR count). The minimum Gasteiger partial charge on any atom is -0.396 e. The van der Waals surface area contributed by atoms with Gasteiger partial charge in [-0.3, -0.25) is 0 Å². The van der Waals surface area contributed by atoms with Crippen LogP contribution in [0.4, 0.5) is 0 Å². The van der Waals surface area contributed by atoms with E-state index in [4.69, 9.17) is 27.1 Å². The first-order valence-electron chi connectivity index (χ1n) is 48.2. The van der Waals surface area contributed by atoms with Crippen molar-refractivity contribution in [2.24, 2.45) is 128 Å². The van der Waals surface area contributed by atoms with Crippen LogP contribution in [-0.4, -0.2) is 59.0 Å². The van der Waals surface area contributed by atoms with Gasteiger partial charge in [-0.1, -0.05) is 263 Å². The van der Waals surface area contributed by atoms with Crippen LogP contribution in [0, 0.1) is 128 Å². The summed E-state index contributed by atoms with van der Waals surface area (Å²) < 4.78 is 35.2. The lowest BCUT2D eigenvalue weighted by molar-refractivity contribution is 0.0690. The quantitative estimate of drug-likeness (QED) is 0.0690. The summed E-state index contributed by atoms with van der Waals surface area (Å²) in [5.74, 6) is 10.9. The SMILES string of the molecule is C=C1/C(=C/C=C2\CCC[C@]3(C)C([C@H](C)CO)CC[C@@H]23)C[C@@H](OPP)C[C@@H]1C.C=C1/C(=C\C=C2/CCC[C@]3(C)C([C@H](C)/C=C/C(C)C(C)(C)OP(P)P)CC[C@@H]23)C[C@@H](C)C[C@@H]1OP.C=C1/C(=C\C=C2/CCC[C@]3(C)C([C@H](C)/C=C\C(C)C(C)(C)OP(P)P)CC[C@@H]23)C[C@@H](C)C[C@@H]1OP.C=C1/C(=C\C=C2/CCC[C@]3(C)C([C@H](C)CO)CC[C@@H]23)C[C@@H](C)C[C@@H]1OP. The fraction of sp³-hybridized carbons (Fsp3) is 0.731.